The number of esters is 1. The van der Waals surface area contributed by atoms with E-state index in [9.17, 15) is 14.4 Å². The van der Waals surface area contributed by atoms with E-state index in [1.165, 1.54) is 15.0 Å². The van der Waals surface area contributed by atoms with Crippen molar-refractivity contribution in [2.45, 2.75) is 6.92 Å². The standard InChI is InChI=1S/C22H17BrN4O4/c1-3-31-22(30)16-12-15-18(24-17-6-4-5-11-27(17)21(15)29)26(2)19(16)25-20(28)13-7-9-14(23)10-8-13/h4-12H,3H2,1-2H3. The number of carbonyl (C=O) groups is 2. The second kappa shape index (κ2) is 8.27. The molecule has 4 rings (SSSR count). The third kappa shape index (κ3) is 3.79. The summed E-state index contributed by atoms with van der Waals surface area (Å²) in [7, 11) is 1.60. The van der Waals surface area contributed by atoms with Crippen LogP contribution < -0.4 is 11.0 Å². The smallest absolute Gasteiger partial charge is 0.341 e. The number of amides is 1. The normalized spacial score (nSPS) is 11.8. The number of benzene rings is 1. The molecule has 0 radical (unpaired) electrons. The van der Waals surface area contributed by atoms with Crippen LogP contribution in [0.25, 0.3) is 16.7 Å². The minimum Gasteiger partial charge on any atom is -0.462 e. The van der Waals surface area contributed by atoms with Crippen molar-refractivity contribution in [3.8, 4) is 0 Å². The maximum Gasteiger partial charge on any atom is 0.341 e. The summed E-state index contributed by atoms with van der Waals surface area (Å²) in [6.07, 6.45) is 1.60. The number of aromatic nitrogens is 3. The van der Waals surface area contributed by atoms with E-state index in [0.717, 1.165) is 4.47 Å². The van der Waals surface area contributed by atoms with Gasteiger partial charge in [-0.3, -0.25) is 14.0 Å². The van der Waals surface area contributed by atoms with Crippen molar-refractivity contribution in [1.82, 2.24) is 14.0 Å². The summed E-state index contributed by atoms with van der Waals surface area (Å²) in [6, 6.07) is 13.3. The fourth-order valence-corrected chi connectivity index (χ4v) is 3.47. The van der Waals surface area contributed by atoms with Gasteiger partial charge in [-0.15, -0.1) is 0 Å². The molecule has 0 saturated heterocycles. The second-order valence-electron chi connectivity index (χ2n) is 6.67. The fourth-order valence-electron chi connectivity index (χ4n) is 3.21. The van der Waals surface area contributed by atoms with Crippen LogP contribution in [-0.2, 0) is 11.8 Å². The summed E-state index contributed by atoms with van der Waals surface area (Å²) >= 11 is 3.33. The number of pyridine rings is 2. The molecule has 0 aliphatic rings. The first-order chi connectivity index (χ1) is 14.9. The number of carbonyl (C=O) groups excluding carboxylic acids is 2. The Bertz CT molecular complexity index is 1470. The lowest BCUT2D eigenvalue weighted by Crippen LogP contribution is -2.31. The SMILES string of the molecule is CCOC(=O)c1cc2c(=O)n3ccccc3nc2n(C)c1=NC(=O)c1ccc(Br)cc1. The summed E-state index contributed by atoms with van der Waals surface area (Å²) in [5.41, 5.74) is 0.816. The lowest BCUT2D eigenvalue weighted by molar-refractivity contribution is 0.0523. The van der Waals surface area contributed by atoms with Gasteiger partial charge in [0.15, 0.2) is 5.49 Å². The molecule has 0 saturated carbocycles. The van der Waals surface area contributed by atoms with Gasteiger partial charge < -0.3 is 9.30 Å². The van der Waals surface area contributed by atoms with E-state index in [-0.39, 0.29) is 28.6 Å². The van der Waals surface area contributed by atoms with Crippen LogP contribution in [0.4, 0.5) is 0 Å². The lowest BCUT2D eigenvalue weighted by Gasteiger charge is -2.11. The van der Waals surface area contributed by atoms with E-state index in [1.807, 2.05) is 0 Å². The number of nitrogens with zero attached hydrogens (tertiary/aromatic N) is 4. The molecular weight excluding hydrogens is 464 g/mol. The first-order valence-corrected chi connectivity index (χ1v) is 10.2. The minimum absolute atomic E-state index is 0.0112. The van der Waals surface area contributed by atoms with Crippen molar-refractivity contribution < 1.29 is 14.3 Å². The van der Waals surface area contributed by atoms with Gasteiger partial charge in [-0.2, -0.15) is 4.99 Å². The van der Waals surface area contributed by atoms with Gasteiger partial charge in [-0.25, -0.2) is 9.78 Å². The Morgan fingerprint density at radius 3 is 2.61 bits per heavy atom. The van der Waals surface area contributed by atoms with Gasteiger partial charge in [-0.1, -0.05) is 22.0 Å². The molecule has 8 nitrogen and oxygen atoms in total. The number of rotatable bonds is 3. The molecule has 0 aliphatic carbocycles. The van der Waals surface area contributed by atoms with E-state index in [1.54, 1.807) is 62.6 Å². The van der Waals surface area contributed by atoms with E-state index in [4.69, 9.17) is 4.74 Å². The predicted octanol–water partition coefficient (Wildman–Crippen LogP) is 2.87. The number of hydrogen-bond acceptors (Lipinski definition) is 5. The number of aryl methyl sites for hydroxylation is 1. The molecule has 0 fully saturated rings. The zero-order chi connectivity index (χ0) is 22.1. The van der Waals surface area contributed by atoms with Crippen molar-refractivity contribution in [3.63, 3.8) is 0 Å². The molecule has 31 heavy (non-hydrogen) atoms. The van der Waals surface area contributed by atoms with Gasteiger partial charge in [-0.05, 0) is 49.4 Å². The molecule has 1 amide bonds. The van der Waals surface area contributed by atoms with E-state index < -0.39 is 11.9 Å². The van der Waals surface area contributed by atoms with Crippen LogP contribution in [0.3, 0.4) is 0 Å². The molecule has 3 aromatic heterocycles. The molecule has 0 spiro atoms. The van der Waals surface area contributed by atoms with E-state index in [2.05, 4.69) is 25.9 Å². The highest BCUT2D eigenvalue weighted by atomic mass is 79.9. The van der Waals surface area contributed by atoms with Crippen LogP contribution >= 0.6 is 15.9 Å². The second-order valence-corrected chi connectivity index (χ2v) is 7.58. The van der Waals surface area contributed by atoms with Crippen LogP contribution in [0, 0.1) is 0 Å². The highest BCUT2D eigenvalue weighted by Crippen LogP contribution is 2.13. The Morgan fingerprint density at radius 1 is 1.16 bits per heavy atom. The molecule has 9 heteroatoms. The molecule has 0 unspecified atom stereocenters. The van der Waals surface area contributed by atoms with Crippen molar-refractivity contribution >= 4 is 44.5 Å². The summed E-state index contributed by atoms with van der Waals surface area (Å²) in [5.74, 6) is -1.22. The molecule has 0 atom stereocenters. The zero-order valence-electron chi connectivity index (χ0n) is 16.7. The monoisotopic (exact) mass is 480 g/mol. The van der Waals surface area contributed by atoms with Gasteiger partial charge in [0.05, 0.1) is 12.0 Å². The first-order valence-electron chi connectivity index (χ1n) is 9.43. The Balaban J connectivity index is 2.05. The van der Waals surface area contributed by atoms with Crippen LogP contribution in [0.15, 0.2) is 69.0 Å². The van der Waals surface area contributed by atoms with Crippen molar-refractivity contribution in [3.05, 3.63) is 86.2 Å². The largest absolute Gasteiger partial charge is 0.462 e. The molecule has 0 bridgehead atoms. The first kappa shape index (κ1) is 20.7. The third-order valence-corrected chi connectivity index (χ3v) is 5.24. The molecule has 3 heterocycles. The molecule has 0 aliphatic heterocycles. The summed E-state index contributed by atoms with van der Waals surface area (Å²) in [6.45, 7) is 1.81. The molecule has 4 aromatic rings. The predicted molar refractivity (Wildman–Crippen MR) is 118 cm³/mol. The maximum atomic E-state index is 13.0. The zero-order valence-corrected chi connectivity index (χ0v) is 18.3. The van der Waals surface area contributed by atoms with Crippen LogP contribution in [-0.4, -0.2) is 32.4 Å². The van der Waals surface area contributed by atoms with E-state index >= 15 is 0 Å². The Labute approximate surface area is 184 Å². The minimum atomic E-state index is -0.681. The van der Waals surface area contributed by atoms with Gasteiger partial charge >= 0.3 is 5.97 Å². The topological polar surface area (TPSA) is 95.0 Å². The van der Waals surface area contributed by atoms with Crippen molar-refractivity contribution in [2.24, 2.45) is 12.0 Å². The van der Waals surface area contributed by atoms with Crippen LogP contribution in [0.5, 0.6) is 0 Å². The number of fused-ring (bicyclic) bond motifs is 2. The summed E-state index contributed by atoms with van der Waals surface area (Å²) in [4.78, 5) is 47.2. The Kier molecular flexibility index (Phi) is 5.51. The van der Waals surface area contributed by atoms with Crippen molar-refractivity contribution in [1.29, 1.82) is 0 Å². The summed E-state index contributed by atoms with van der Waals surface area (Å²) in [5, 5.41) is 0.212. The van der Waals surface area contributed by atoms with Gasteiger partial charge in [0.25, 0.3) is 11.5 Å². The highest BCUT2D eigenvalue weighted by Gasteiger charge is 2.18. The Morgan fingerprint density at radius 2 is 1.90 bits per heavy atom. The molecule has 0 N–H and O–H groups in total. The van der Waals surface area contributed by atoms with Crippen LogP contribution in [0.2, 0.25) is 0 Å². The van der Waals surface area contributed by atoms with Gasteiger partial charge in [0.1, 0.15) is 16.9 Å². The quantitative estimate of drug-likeness (QED) is 0.331. The van der Waals surface area contributed by atoms with Gasteiger partial charge in [0.2, 0.25) is 0 Å². The summed E-state index contributed by atoms with van der Waals surface area (Å²) < 4.78 is 8.82. The van der Waals surface area contributed by atoms with E-state index in [0.29, 0.717) is 16.9 Å². The van der Waals surface area contributed by atoms with Crippen LogP contribution in [0.1, 0.15) is 27.6 Å². The molecule has 1 aromatic carbocycles. The number of halogens is 1. The highest BCUT2D eigenvalue weighted by molar-refractivity contribution is 9.10. The van der Waals surface area contributed by atoms with Crippen molar-refractivity contribution in [2.75, 3.05) is 6.61 Å². The Hall–Kier alpha value is -3.59. The average molecular weight is 481 g/mol. The molecule has 156 valence electrons. The lowest BCUT2D eigenvalue weighted by atomic mass is 10.2. The third-order valence-electron chi connectivity index (χ3n) is 4.71. The number of hydrogen-bond donors (Lipinski definition) is 0. The molecular formula is C22H17BrN4O4. The van der Waals surface area contributed by atoms with Gasteiger partial charge in [0, 0.05) is 23.3 Å². The number of ether oxygens (including phenoxy) is 1. The fraction of sp³-hybridized carbons (Fsp3) is 0.136. The maximum absolute atomic E-state index is 13.0. The average Bonchev–Trinajstić information content (AvgIpc) is 2.76.